The minimum Gasteiger partial charge on any atom is -0.355 e. The number of rotatable bonds is 4. The van der Waals surface area contributed by atoms with Gasteiger partial charge in [-0.3, -0.25) is 4.79 Å². The number of carbonyl (C=O) groups is 1. The summed E-state index contributed by atoms with van der Waals surface area (Å²) in [5, 5.41) is 0. The molecule has 2 aliphatic rings. The van der Waals surface area contributed by atoms with E-state index in [0.717, 1.165) is 5.56 Å². The molecule has 0 spiro atoms. The van der Waals surface area contributed by atoms with Crippen LogP contribution in [0.25, 0.3) is 0 Å². The molecule has 0 atom stereocenters. The molecule has 1 saturated heterocycles. The van der Waals surface area contributed by atoms with Gasteiger partial charge in [-0.2, -0.15) is 8.42 Å². The Labute approximate surface area is 171 Å². The van der Waals surface area contributed by atoms with E-state index in [0.29, 0.717) is 50.4 Å². The van der Waals surface area contributed by atoms with Crippen LogP contribution in [0.2, 0.25) is 0 Å². The van der Waals surface area contributed by atoms with E-state index in [1.54, 1.807) is 18.2 Å². The third-order valence-electron chi connectivity index (χ3n) is 5.67. The summed E-state index contributed by atoms with van der Waals surface area (Å²) in [7, 11) is -3.61. The molecule has 2 aromatic rings. The van der Waals surface area contributed by atoms with Gasteiger partial charge in [0.2, 0.25) is 5.91 Å². The fourth-order valence-electron chi connectivity index (χ4n) is 4.06. The van der Waals surface area contributed by atoms with Crippen LogP contribution in [-0.2, 0) is 21.4 Å². The summed E-state index contributed by atoms with van der Waals surface area (Å²) >= 11 is 0. The van der Waals surface area contributed by atoms with Crippen LogP contribution in [0.5, 0.6) is 0 Å². The van der Waals surface area contributed by atoms with Gasteiger partial charge in [0.25, 0.3) is 10.0 Å². The molecule has 7 heteroatoms. The van der Waals surface area contributed by atoms with Gasteiger partial charge in [0.15, 0.2) is 5.84 Å². The summed E-state index contributed by atoms with van der Waals surface area (Å²) in [6.07, 6.45) is 1.40. The second-order valence-electron chi connectivity index (χ2n) is 7.49. The Morgan fingerprint density at radius 1 is 1.07 bits per heavy atom. The van der Waals surface area contributed by atoms with Crippen molar-refractivity contribution in [3.05, 3.63) is 65.7 Å². The third-order valence-corrected chi connectivity index (χ3v) is 6.99. The first-order chi connectivity index (χ1) is 14.0. The smallest absolute Gasteiger partial charge is 0.285 e. The maximum atomic E-state index is 13.0. The topological polar surface area (TPSA) is 70.1 Å². The largest absolute Gasteiger partial charge is 0.355 e. The van der Waals surface area contributed by atoms with Gasteiger partial charge in [-0.1, -0.05) is 42.5 Å². The maximum absolute atomic E-state index is 13.0. The lowest BCUT2D eigenvalue weighted by Crippen LogP contribution is -2.44. The zero-order valence-electron chi connectivity index (χ0n) is 16.5. The minimum absolute atomic E-state index is 0.0382. The highest BCUT2D eigenvalue weighted by atomic mass is 32.2. The van der Waals surface area contributed by atoms with Crippen LogP contribution >= 0.6 is 0 Å². The molecule has 0 radical (unpaired) electrons. The van der Waals surface area contributed by atoms with Crippen molar-refractivity contribution in [1.29, 1.82) is 0 Å². The number of carbonyl (C=O) groups excluding carboxylic acids is 1. The van der Waals surface area contributed by atoms with Crippen LogP contribution in [0.15, 0.2) is 63.9 Å². The average molecular weight is 412 g/mol. The van der Waals surface area contributed by atoms with Crippen LogP contribution in [0.3, 0.4) is 0 Å². The van der Waals surface area contributed by atoms with Gasteiger partial charge in [-0.05, 0) is 37.5 Å². The van der Waals surface area contributed by atoms with Crippen LogP contribution in [0, 0.1) is 5.92 Å². The Hall–Kier alpha value is -2.67. The molecule has 0 aromatic heterocycles. The highest BCUT2D eigenvalue weighted by molar-refractivity contribution is 7.90. The predicted molar refractivity (Wildman–Crippen MR) is 112 cm³/mol. The molecule has 6 nitrogen and oxygen atoms in total. The number of amidine groups is 1. The number of fused-ring (bicyclic) bond motifs is 1. The first kappa shape index (κ1) is 19.6. The van der Waals surface area contributed by atoms with Crippen molar-refractivity contribution in [2.45, 2.75) is 31.2 Å². The summed E-state index contributed by atoms with van der Waals surface area (Å²) < 4.78 is 28.6. The summed E-state index contributed by atoms with van der Waals surface area (Å²) in [6, 6.07) is 17.0. The molecule has 0 saturated carbocycles. The summed E-state index contributed by atoms with van der Waals surface area (Å²) in [4.78, 5) is 17.2. The van der Waals surface area contributed by atoms with Gasteiger partial charge in [-0.25, -0.2) is 0 Å². The third kappa shape index (κ3) is 3.92. The molecule has 1 fully saturated rings. The number of piperidine rings is 1. The number of hydrogen-bond acceptors (Lipinski definition) is 4. The van der Waals surface area contributed by atoms with Crippen molar-refractivity contribution in [2.75, 3.05) is 19.6 Å². The normalized spacial score (nSPS) is 18.2. The SMILES string of the molecule is CCN(Cc1ccccc1)C(=O)C1CCN(C2=NS(=O)(=O)c3ccccc32)CC1. The summed E-state index contributed by atoms with van der Waals surface area (Å²) in [6.45, 7) is 4.55. The highest BCUT2D eigenvalue weighted by Gasteiger charge is 2.35. The maximum Gasteiger partial charge on any atom is 0.285 e. The zero-order valence-corrected chi connectivity index (χ0v) is 17.3. The molecule has 29 heavy (non-hydrogen) atoms. The Morgan fingerprint density at radius 2 is 1.72 bits per heavy atom. The fraction of sp³-hybridized carbons (Fsp3) is 0.364. The van der Waals surface area contributed by atoms with E-state index in [1.807, 2.05) is 53.1 Å². The van der Waals surface area contributed by atoms with Crippen LogP contribution in [-0.4, -0.2) is 49.6 Å². The molecule has 1 amide bonds. The molecule has 0 N–H and O–H groups in total. The quantitative estimate of drug-likeness (QED) is 0.776. The van der Waals surface area contributed by atoms with Crippen molar-refractivity contribution >= 4 is 21.8 Å². The van der Waals surface area contributed by atoms with Crippen LogP contribution < -0.4 is 0 Å². The molecular weight excluding hydrogens is 386 g/mol. The summed E-state index contributed by atoms with van der Waals surface area (Å²) in [5.41, 5.74) is 1.79. The number of benzene rings is 2. The number of hydrogen-bond donors (Lipinski definition) is 0. The van der Waals surface area contributed by atoms with Gasteiger partial charge in [0.05, 0.1) is 0 Å². The van der Waals surface area contributed by atoms with Crippen molar-refractivity contribution in [3.63, 3.8) is 0 Å². The Morgan fingerprint density at radius 3 is 2.41 bits per heavy atom. The van der Waals surface area contributed by atoms with Gasteiger partial charge in [0, 0.05) is 37.7 Å². The predicted octanol–water partition coefficient (Wildman–Crippen LogP) is 2.90. The van der Waals surface area contributed by atoms with E-state index in [1.165, 1.54) is 0 Å². The molecule has 4 rings (SSSR count). The number of sulfonamides is 1. The molecule has 0 bridgehead atoms. The lowest BCUT2D eigenvalue weighted by Gasteiger charge is -2.35. The first-order valence-electron chi connectivity index (χ1n) is 10.0. The van der Waals surface area contributed by atoms with Crippen molar-refractivity contribution < 1.29 is 13.2 Å². The van der Waals surface area contributed by atoms with Gasteiger partial charge >= 0.3 is 0 Å². The highest BCUT2D eigenvalue weighted by Crippen LogP contribution is 2.30. The summed E-state index contributed by atoms with van der Waals surface area (Å²) in [5.74, 6) is 0.657. The molecule has 2 aromatic carbocycles. The van der Waals surface area contributed by atoms with E-state index in [2.05, 4.69) is 4.40 Å². The second-order valence-corrected chi connectivity index (χ2v) is 9.06. The van der Waals surface area contributed by atoms with E-state index < -0.39 is 10.0 Å². The Balaban J connectivity index is 1.42. The van der Waals surface area contributed by atoms with E-state index in [-0.39, 0.29) is 16.7 Å². The molecule has 0 unspecified atom stereocenters. The van der Waals surface area contributed by atoms with Crippen LogP contribution in [0.4, 0.5) is 0 Å². The molecule has 2 heterocycles. The lowest BCUT2D eigenvalue weighted by molar-refractivity contribution is -0.137. The van der Waals surface area contributed by atoms with E-state index >= 15 is 0 Å². The first-order valence-corrected chi connectivity index (χ1v) is 11.5. The molecule has 2 aliphatic heterocycles. The standard InChI is InChI=1S/C22H25N3O3S/c1-2-24(16-17-8-4-3-5-9-17)22(26)18-12-14-25(15-13-18)21-19-10-6-7-11-20(19)29(27,28)23-21/h3-11,18H,2,12-16H2,1H3. The van der Waals surface area contributed by atoms with Gasteiger partial charge < -0.3 is 9.80 Å². The fourth-order valence-corrected chi connectivity index (χ4v) is 5.29. The van der Waals surface area contributed by atoms with E-state index in [4.69, 9.17) is 0 Å². The Bertz CT molecular complexity index is 1030. The number of amides is 1. The number of nitrogens with zero attached hydrogens (tertiary/aromatic N) is 3. The van der Waals surface area contributed by atoms with Crippen molar-refractivity contribution in [3.8, 4) is 0 Å². The Kier molecular flexibility index (Phi) is 5.41. The van der Waals surface area contributed by atoms with Crippen molar-refractivity contribution in [2.24, 2.45) is 10.3 Å². The number of likely N-dealkylation sites (tertiary alicyclic amines) is 1. The lowest BCUT2D eigenvalue weighted by atomic mass is 9.94. The zero-order chi connectivity index (χ0) is 20.4. The molecule has 0 aliphatic carbocycles. The molecular formula is C22H25N3O3S. The average Bonchev–Trinajstić information content (AvgIpc) is 3.03. The minimum atomic E-state index is -3.61. The van der Waals surface area contributed by atoms with Crippen LogP contribution in [0.1, 0.15) is 30.9 Å². The van der Waals surface area contributed by atoms with Gasteiger partial charge in [0.1, 0.15) is 4.90 Å². The van der Waals surface area contributed by atoms with Crippen molar-refractivity contribution in [1.82, 2.24) is 9.80 Å². The van der Waals surface area contributed by atoms with Gasteiger partial charge in [-0.15, -0.1) is 4.40 Å². The monoisotopic (exact) mass is 411 g/mol. The second kappa shape index (κ2) is 7.99. The molecule has 152 valence electrons. The van der Waals surface area contributed by atoms with E-state index in [9.17, 15) is 13.2 Å².